The monoisotopic (exact) mass is 256 g/mol. The molecule has 1 aromatic rings. The minimum Gasteiger partial charge on any atom is -0.352 e. The number of aromatic amines is 1. The molecular weight excluding hydrogens is 240 g/mol. The Hall–Kier alpha value is -1.29. The molecule has 1 unspecified atom stereocenters. The number of carbonyl (C=O) groups excluding carboxylic acids is 1. The molecule has 0 aliphatic carbocycles. The third-order valence-corrected chi connectivity index (χ3v) is 3.00. The van der Waals surface area contributed by atoms with Gasteiger partial charge in [0.05, 0.1) is 5.56 Å². The molecule has 0 radical (unpaired) electrons. The molecule has 5 heteroatoms. The van der Waals surface area contributed by atoms with E-state index in [9.17, 15) is 9.59 Å². The average molecular weight is 257 g/mol. The number of nitrogens with one attached hydrogen (secondary N) is 2. The lowest BCUT2D eigenvalue weighted by Crippen LogP contribution is -2.25. The average Bonchev–Trinajstić information content (AvgIpc) is 2.34. The molecule has 4 nitrogen and oxygen atoms in total. The topological polar surface area (TPSA) is 62.0 Å². The van der Waals surface area contributed by atoms with Gasteiger partial charge in [-0.25, -0.2) is 0 Å². The van der Waals surface area contributed by atoms with E-state index in [4.69, 9.17) is 11.6 Å². The maximum absolute atomic E-state index is 11.6. The first kappa shape index (κ1) is 13.8. The fraction of sp³-hybridized carbons (Fsp3) is 0.500. The highest BCUT2D eigenvalue weighted by Gasteiger charge is 2.05. The Kier molecular flexibility index (Phi) is 5.77. The van der Waals surface area contributed by atoms with E-state index < -0.39 is 0 Å². The van der Waals surface area contributed by atoms with Crippen LogP contribution in [0.15, 0.2) is 23.1 Å². The van der Waals surface area contributed by atoms with Crippen LogP contribution in [0.3, 0.4) is 0 Å². The van der Waals surface area contributed by atoms with Crippen molar-refractivity contribution in [1.82, 2.24) is 10.3 Å². The van der Waals surface area contributed by atoms with Crippen LogP contribution in [0.5, 0.6) is 0 Å². The number of hydrogen-bond donors (Lipinski definition) is 2. The number of halogens is 1. The lowest BCUT2D eigenvalue weighted by Gasteiger charge is -2.08. The Bertz CT molecular complexity index is 397. The van der Waals surface area contributed by atoms with E-state index in [1.807, 2.05) is 0 Å². The van der Waals surface area contributed by atoms with Gasteiger partial charge in [-0.05, 0) is 24.8 Å². The van der Waals surface area contributed by atoms with E-state index in [2.05, 4.69) is 17.2 Å². The number of aromatic nitrogens is 1. The number of H-pyrrole nitrogens is 1. The normalized spacial score (nSPS) is 12.1. The number of rotatable bonds is 6. The smallest absolute Gasteiger partial charge is 0.252 e. The molecule has 1 aromatic heterocycles. The zero-order valence-corrected chi connectivity index (χ0v) is 10.6. The van der Waals surface area contributed by atoms with Crippen molar-refractivity contribution >= 4 is 17.5 Å². The summed E-state index contributed by atoms with van der Waals surface area (Å²) in [5, 5.41) is 2.79. The third kappa shape index (κ3) is 5.04. The van der Waals surface area contributed by atoms with Gasteiger partial charge in [0.1, 0.15) is 0 Å². The van der Waals surface area contributed by atoms with E-state index in [0.717, 1.165) is 12.8 Å². The van der Waals surface area contributed by atoms with Gasteiger partial charge in [0.15, 0.2) is 0 Å². The van der Waals surface area contributed by atoms with Crippen LogP contribution in [-0.4, -0.2) is 23.3 Å². The molecule has 1 atom stereocenters. The molecule has 0 spiro atoms. The zero-order valence-electron chi connectivity index (χ0n) is 9.83. The van der Waals surface area contributed by atoms with E-state index in [0.29, 0.717) is 23.9 Å². The van der Waals surface area contributed by atoms with Crippen LogP contribution in [0.2, 0.25) is 0 Å². The van der Waals surface area contributed by atoms with Crippen molar-refractivity contribution < 1.29 is 4.79 Å². The first-order valence-corrected chi connectivity index (χ1v) is 6.20. The summed E-state index contributed by atoms with van der Waals surface area (Å²) >= 11 is 5.68. The molecule has 94 valence electrons. The number of hydrogen-bond acceptors (Lipinski definition) is 2. The summed E-state index contributed by atoms with van der Waals surface area (Å²) in [5.41, 5.74) is 0.257. The van der Waals surface area contributed by atoms with Gasteiger partial charge in [-0.2, -0.15) is 0 Å². The fourth-order valence-electron chi connectivity index (χ4n) is 1.38. The summed E-state index contributed by atoms with van der Waals surface area (Å²) in [6.45, 7) is 2.70. The maximum atomic E-state index is 11.6. The van der Waals surface area contributed by atoms with Crippen LogP contribution < -0.4 is 10.9 Å². The predicted molar refractivity (Wildman–Crippen MR) is 68.5 cm³/mol. The number of amides is 1. The summed E-state index contributed by atoms with van der Waals surface area (Å²) in [4.78, 5) is 24.9. The third-order valence-electron chi connectivity index (χ3n) is 2.47. The molecule has 17 heavy (non-hydrogen) atoms. The predicted octanol–water partition coefficient (Wildman–Crippen LogP) is 1.76. The Morgan fingerprint density at radius 2 is 2.29 bits per heavy atom. The van der Waals surface area contributed by atoms with Crippen molar-refractivity contribution in [2.24, 2.45) is 5.92 Å². The summed E-state index contributed by atoms with van der Waals surface area (Å²) in [5.74, 6) is 0.954. The molecule has 0 bridgehead atoms. The second kappa shape index (κ2) is 7.12. The highest BCUT2D eigenvalue weighted by molar-refractivity contribution is 6.18. The van der Waals surface area contributed by atoms with Crippen molar-refractivity contribution in [3.63, 3.8) is 0 Å². The molecule has 1 amide bonds. The first-order valence-electron chi connectivity index (χ1n) is 5.66. The van der Waals surface area contributed by atoms with Crippen LogP contribution in [0.25, 0.3) is 0 Å². The lowest BCUT2D eigenvalue weighted by molar-refractivity contribution is 0.0952. The largest absolute Gasteiger partial charge is 0.352 e. The van der Waals surface area contributed by atoms with Crippen molar-refractivity contribution in [1.29, 1.82) is 0 Å². The van der Waals surface area contributed by atoms with Gasteiger partial charge in [-0.3, -0.25) is 9.59 Å². The molecule has 0 aliphatic rings. The van der Waals surface area contributed by atoms with Gasteiger partial charge < -0.3 is 10.3 Å². The van der Waals surface area contributed by atoms with E-state index in [1.165, 1.54) is 18.3 Å². The van der Waals surface area contributed by atoms with Crippen molar-refractivity contribution in [3.05, 3.63) is 34.2 Å². The van der Waals surface area contributed by atoms with Gasteiger partial charge in [-0.15, -0.1) is 11.6 Å². The van der Waals surface area contributed by atoms with Gasteiger partial charge in [0.2, 0.25) is 5.56 Å². The van der Waals surface area contributed by atoms with Crippen LogP contribution in [-0.2, 0) is 0 Å². The fourth-order valence-corrected chi connectivity index (χ4v) is 1.54. The molecule has 1 rings (SSSR count). The summed E-state index contributed by atoms with van der Waals surface area (Å²) in [6.07, 6.45) is 3.32. The zero-order chi connectivity index (χ0) is 12.7. The second-order valence-electron chi connectivity index (χ2n) is 4.10. The Morgan fingerprint density at radius 1 is 1.53 bits per heavy atom. The number of alkyl halides is 1. The molecule has 0 aromatic carbocycles. The Labute approximate surface area is 105 Å². The molecule has 0 aliphatic heterocycles. The van der Waals surface area contributed by atoms with Crippen molar-refractivity contribution in [2.45, 2.75) is 19.8 Å². The Balaban J connectivity index is 2.30. The molecule has 0 fully saturated rings. The molecule has 1 heterocycles. The second-order valence-corrected chi connectivity index (χ2v) is 4.41. The first-order chi connectivity index (χ1) is 8.13. The summed E-state index contributed by atoms with van der Waals surface area (Å²) < 4.78 is 0. The standard InChI is InChI=1S/C12H17ClN2O2/c1-9(7-13)3-2-6-14-12(17)10-4-5-11(16)15-8-10/h4-5,8-9H,2-3,6-7H2,1H3,(H,14,17)(H,15,16). The highest BCUT2D eigenvalue weighted by atomic mass is 35.5. The quantitative estimate of drug-likeness (QED) is 0.602. The van der Waals surface area contributed by atoms with Gasteiger partial charge in [0.25, 0.3) is 5.91 Å². The Morgan fingerprint density at radius 3 is 2.88 bits per heavy atom. The van der Waals surface area contributed by atoms with Crippen LogP contribution in [0, 0.1) is 5.92 Å². The lowest BCUT2D eigenvalue weighted by atomic mass is 10.1. The van der Waals surface area contributed by atoms with Crippen molar-refractivity contribution in [2.75, 3.05) is 12.4 Å². The van der Waals surface area contributed by atoms with Crippen LogP contribution in [0.4, 0.5) is 0 Å². The summed E-state index contributed by atoms with van der Waals surface area (Å²) in [6, 6.07) is 2.85. The van der Waals surface area contributed by atoms with Gasteiger partial charge in [-0.1, -0.05) is 6.92 Å². The highest BCUT2D eigenvalue weighted by Crippen LogP contribution is 2.06. The minimum atomic E-state index is -0.211. The van der Waals surface area contributed by atoms with E-state index in [1.54, 1.807) is 0 Å². The van der Waals surface area contributed by atoms with Gasteiger partial charge >= 0.3 is 0 Å². The molecule has 0 saturated heterocycles. The van der Waals surface area contributed by atoms with Gasteiger partial charge in [0, 0.05) is 24.7 Å². The van der Waals surface area contributed by atoms with E-state index >= 15 is 0 Å². The minimum absolute atomic E-state index is 0.167. The van der Waals surface area contributed by atoms with Crippen LogP contribution in [0.1, 0.15) is 30.1 Å². The SMILES string of the molecule is CC(CCl)CCCNC(=O)c1ccc(=O)[nH]c1. The molecule has 0 saturated carbocycles. The maximum Gasteiger partial charge on any atom is 0.252 e. The van der Waals surface area contributed by atoms with Crippen LogP contribution >= 0.6 is 11.6 Å². The number of pyridine rings is 1. The van der Waals surface area contributed by atoms with E-state index in [-0.39, 0.29) is 11.5 Å². The molecule has 2 N–H and O–H groups in total. The van der Waals surface area contributed by atoms with Crippen molar-refractivity contribution in [3.8, 4) is 0 Å². The molecular formula is C12H17ClN2O2. The number of carbonyl (C=O) groups is 1. The summed E-state index contributed by atoms with van der Waals surface area (Å²) in [7, 11) is 0.